The minimum absolute atomic E-state index is 0.000873. The van der Waals surface area contributed by atoms with Crippen LogP contribution in [0.15, 0.2) is 18.2 Å². The van der Waals surface area contributed by atoms with Crippen LogP contribution in [0.5, 0.6) is 0 Å². The van der Waals surface area contributed by atoms with Crippen molar-refractivity contribution in [3.05, 3.63) is 29.3 Å². The molecule has 0 unspecified atom stereocenters. The van der Waals surface area contributed by atoms with Crippen LogP contribution in [0.3, 0.4) is 0 Å². The Morgan fingerprint density at radius 2 is 2.00 bits per heavy atom. The fourth-order valence-electron chi connectivity index (χ4n) is 2.36. The zero-order valence-electron chi connectivity index (χ0n) is 11.0. The molecular weight excluding hydrogens is 260 g/mol. The number of primary amides is 1. The highest BCUT2D eigenvalue weighted by Crippen LogP contribution is 2.28. The third-order valence-corrected chi connectivity index (χ3v) is 3.31. The number of amides is 1. The topological polar surface area (TPSA) is 101 Å². The van der Waals surface area contributed by atoms with Gasteiger partial charge in [-0.2, -0.15) is 0 Å². The van der Waals surface area contributed by atoms with Crippen LogP contribution < -0.4 is 10.6 Å². The molecule has 6 nitrogen and oxygen atoms in total. The van der Waals surface area contributed by atoms with Crippen LogP contribution in [0.2, 0.25) is 0 Å². The number of Topliss-reactive ketones (excluding diaryl/α,β-unsaturated/α-hetero) is 1. The Morgan fingerprint density at radius 3 is 2.65 bits per heavy atom. The lowest BCUT2D eigenvalue weighted by atomic mass is 10.0. The minimum atomic E-state index is -0.979. The van der Waals surface area contributed by atoms with Crippen molar-refractivity contribution in [1.29, 1.82) is 0 Å². The molecule has 0 bridgehead atoms. The Balaban J connectivity index is 2.11. The highest BCUT2D eigenvalue weighted by atomic mass is 16.4. The van der Waals surface area contributed by atoms with Crippen LogP contribution in [-0.2, 0) is 16.0 Å². The summed E-state index contributed by atoms with van der Waals surface area (Å²) in [7, 11) is 0. The van der Waals surface area contributed by atoms with Crippen molar-refractivity contribution in [3.8, 4) is 0 Å². The van der Waals surface area contributed by atoms with Gasteiger partial charge >= 0.3 is 5.97 Å². The maximum atomic E-state index is 11.9. The maximum absolute atomic E-state index is 11.9. The number of hydrogen-bond acceptors (Lipinski definition) is 4. The van der Waals surface area contributed by atoms with E-state index in [-0.39, 0.29) is 31.1 Å². The third kappa shape index (κ3) is 3.14. The highest BCUT2D eigenvalue weighted by Gasteiger charge is 2.21. The predicted molar refractivity (Wildman–Crippen MR) is 72.8 cm³/mol. The summed E-state index contributed by atoms with van der Waals surface area (Å²) in [5, 5.41) is 8.58. The first-order valence-electron chi connectivity index (χ1n) is 6.38. The van der Waals surface area contributed by atoms with Gasteiger partial charge in [0.1, 0.15) is 0 Å². The molecule has 1 aromatic rings. The molecule has 0 atom stereocenters. The van der Waals surface area contributed by atoms with Gasteiger partial charge in [-0.25, -0.2) is 0 Å². The molecule has 20 heavy (non-hydrogen) atoms. The van der Waals surface area contributed by atoms with Crippen LogP contribution in [-0.4, -0.2) is 35.9 Å². The van der Waals surface area contributed by atoms with E-state index < -0.39 is 5.97 Å². The molecule has 2 rings (SSSR count). The molecule has 0 fully saturated rings. The Morgan fingerprint density at radius 1 is 1.25 bits per heavy atom. The van der Waals surface area contributed by atoms with Crippen LogP contribution in [0.4, 0.5) is 5.69 Å². The molecule has 1 heterocycles. The number of fused-ring (bicyclic) bond motifs is 1. The van der Waals surface area contributed by atoms with Gasteiger partial charge in [-0.05, 0) is 30.2 Å². The number of anilines is 1. The molecule has 3 N–H and O–H groups in total. The fraction of sp³-hybridized carbons (Fsp3) is 0.357. The van der Waals surface area contributed by atoms with Crippen molar-refractivity contribution in [2.45, 2.75) is 19.3 Å². The van der Waals surface area contributed by atoms with Crippen LogP contribution in [0, 0.1) is 0 Å². The molecule has 1 aliphatic rings. The van der Waals surface area contributed by atoms with Gasteiger partial charge in [0.15, 0.2) is 5.78 Å². The summed E-state index contributed by atoms with van der Waals surface area (Å²) >= 11 is 0. The molecule has 106 valence electrons. The quantitative estimate of drug-likeness (QED) is 0.740. The van der Waals surface area contributed by atoms with Crippen molar-refractivity contribution in [1.82, 2.24) is 0 Å². The van der Waals surface area contributed by atoms with E-state index in [1.807, 2.05) is 4.90 Å². The van der Waals surface area contributed by atoms with E-state index in [1.54, 1.807) is 18.2 Å². The van der Waals surface area contributed by atoms with Crippen LogP contribution in [0.25, 0.3) is 0 Å². The van der Waals surface area contributed by atoms with Gasteiger partial charge in [0.05, 0.1) is 13.0 Å². The number of nitrogens with two attached hydrogens (primary N) is 1. The number of aliphatic carboxylic acids is 1. The van der Waals surface area contributed by atoms with Gasteiger partial charge in [-0.3, -0.25) is 14.4 Å². The summed E-state index contributed by atoms with van der Waals surface area (Å²) in [4.78, 5) is 35.2. The van der Waals surface area contributed by atoms with Crippen molar-refractivity contribution >= 4 is 23.3 Å². The molecule has 0 spiro atoms. The molecular formula is C14H16N2O4. The molecule has 1 aromatic carbocycles. The average Bonchev–Trinajstić information content (AvgIpc) is 2.77. The Labute approximate surface area is 116 Å². The normalized spacial score (nSPS) is 13.1. The zero-order valence-corrected chi connectivity index (χ0v) is 11.0. The number of hydrogen-bond donors (Lipinski definition) is 2. The van der Waals surface area contributed by atoms with E-state index in [9.17, 15) is 14.4 Å². The third-order valence-electron chi connectivity index (χ3n) is 3.31. The van der Waals surface area contributed by atoms with Gasteiger partial charge in [0.2, 0.25) is 5.91 Å². The number of nitrogens with zero attached hydrogens (tertiary/aromatic N) is 1. The van der Waals surface area contributed by atoms with E-state index in [2.05, 4.69) is 0 Å². The summed E-state index contributed by atoms with van der Waals surface area (Å²) in [6.45, 7) is 0.865. The van der Waals surface area contributed by atoms with Crippen molar-refractivity contribution in [3.63, 3.8) is 0 Å². The first kappa shape index (κ1) is 14.0. The first-order valence-corrected chi connectivity index (χ1v) is 6.38. The van der Waals surface area contributed by atoms with E-state index >= 15 is 0 Å². The molecule has 0 saturated heterocycles. The van der Waals surface area contributed by atoms with Crippen molar-refractivity contribution in [2.75, 3.05) is 18.0 Å². The molecule has 1 amide bonds. The van der Waals surface area contributed by atoms with E-state index in [1.165, 1.54) is 0 Å². The number of rotatable bonds is 6. The number of carbonyl (C=O) groups excluding carboxylic acids is 2. The summed E-state index contributed by atoms with van der Waals surface area (Å²) in [6, 6.07) is 5.24. The summed E-state index contributed by atoms with van der Waals surface area (Å²) in [5.74, 6) is -1.55. The largest absolute Gasteiger partial charge is 0.481 e. The first-order chi connectivity index (χ1) is 9.47. The number of ketones is 1. The second-order valence-electron chi connectivity index (χ2n) is 4.80. The van der Waals surface area contributed by atoms with Gasteiger partial charge in [0, 0.05) is 24.2 Å². The van der Waals surface area contributed by atoms with Gasteiger partial charge in [-0.1, -0.05) is 0 Å². The molecule has 0 radical (unpaired) electrons. The molecule has 0 saturated carbocycles. The molecule has 0 aromatic heterocycles. The SMILES string of the molecule is NC(=O)CN1CCc2cc(C(=O)CCC(=O)O)ccc21. The van der Waals surface area contributed by atoms with Crippen LogP contribution in [0.1, 0.15) is 28.8 Å². The second kappa shape index (κ2) is 5.73. The Kier molecular flexibility index (Phi) is 4.02. The zero-order chi connectivity index (χ0) is 14.7. The van der Waals surface area contributed by atoms with Gasteiger partial charge in [0.25, 0.3) is 0 Å². The average molecular weight is 276 g/mol. The monoisotopic (exact) mass is 276 g/mol. The molecule has 6 heteroatoms. The second-order valence-corrected chi connectivity index (χ2v) is 4.80. The van der Waals surface area contributed by atoms with E-state index in [4.69, 9.17) is 10.8 Å². The maximum Gasteiger partial charge on any atom is 0.303 e. The lowest BCUT2D eigenvalue weighted by Gasteiger charge is -2.17. The van der Waals surface area contributed by atoms with Crippen molar-refractivity contribution in [2.24, 2.45) is 5.73 Å². The summed E-state index contributed by atoms with van der Waals surface area (Å²) in [6.07, 6.45) is 0.589. The van der Waals surface area contributed by atoms with Gasteiger partial charge in [-0.15, -0.1) is 0 Å². The molecule has 0 aliphatic carbocycles. The summed E-state index contributed by atoms with van der Waals surface area (Å²) < 4.78 is 0. The number of carbonyl (C=O) groups is 3. The number of carboxylic acid groups (broad SMARTS) is 1. The van der Waals surface area contributed by atoms with E-state index in [0.717, 1.165) is 17.7 Å². The smallest absolute Gasteiger partial charge is 0.303 e. The van der Waals surface area contributed by atoms with Crippen LogP contribution >= 0.6 is 0 Å². The lowest BCUT2D eigenvalue weighted by molar-refractivity contribution is -0.137. The van der Waals surface area contributed by atoms with Crippen molar-refractivity contribution < 1.29 is 19.5 Å². The standard InChI is InChI=1S/C14H16N2O4/c15-13(18)8-16-6-5-9-7-10(1-2-11(9)16)12(17)3-4-14(19)20/h1-2,7H,3-6,8H2,(H2,15,18)(H,19,20). The predicted octanol–water partition coefficient (Wildman–Crippen LogP) is 0.582. The number of benzene rings is 1. The highest BCUT2D eigenvalue weighted by molar-refractivity contribution is 5.98. The lowest BCUT2D eigenvalue weighted by Crippen LogP contribution is -2.32. The minimum Gasteiger partial charge on any atom is -0.481 e. The Hall–Kier alpha value is -2.37. The molecule has 1 aliphatic heterocycles. The fourth-order valence-corrected chi connectivity index (χ4v) is 2.36. The van der Waals surface area contributed by atoms with Gasteiger partial charge < -0.3 is 15.7 Å². The Bertz CT molecular complexity index is 568. The number of carboxylic acids is 1. The van der Waals surface area contributed by atoms with E-state index in [0.29, 0.717) is 12.1 Å². The summed E-state index contributed by atoms with van der Waals surface area (Å²) in [5.41, 5.74) is 7.61.